The van der Waals surface area contributed by atoms with E-state index in [1.807, 2.05) is 6.07 Å². The molecule has 152 valence electrons. The molecule has 0 aromatic heterocycles. The summed E-state index contributed by atoms with van der Waals surface area (Å²) in [6.07, 6.45) is 0.420. The van der Waals surface area contributed by atoms with Gasteiger partial charge in [0.2, 0.25) is 5.91 Å². The molecule has 0 bridgehead atoms. The van der Waals surface area contributed by atoms with Gasteiger partial charge in [-0.15, -0.1) is 0 Å². The third-order valence-electron chi connectivity index (χ3n) is 4.38. The first-order valence-corrected chi connectivity index (χ1v) is 9.96. The molecule has 6 heteroatoms. The zero-order valence-corrected chi connectivity index (χ0v) is 18.1. The molecule has 0 radical (unpaired) electrons. The van der Waals surface area contributed by atoms with E-state index < -0.39 is 11.4 Å². The molecule has 2 aromatic carbocycles. The number of carbonyl (C=O) groups is 1. The molecule has 3 nitrogen and oxygen atoms in total. The molecular weight excluding hydrogens is 400 g/mol. The SMILES string of the molecule is CC(C)c1cc(Cl)cc(Cl)c1Cc1ccc(F)c(CC(=O)NCC(C)(C)O)c1. The van der Waals surface area contributed by atoms with E-state index in [0.29, 0.717) is 22.0 Å². The molecule has 0 unspecified atom stereocenters. The van der Waals surface area contributed by atoms with Gasteiger partial charge >= 0.3 is 0 Å². The van der Waals surface area contributed by atoms with E-state index in [1.54, 1.807) is 32.0 Å². The van der Waals surface area contributed by atoms with Crippen molar-refractivity contribution in [2.75, 3.05) is 6.54 Å². The third-order valence-corrected chi connectivity index (χ3v) is 4.93. The highest BCUT2D eigenvalue weighted by Gasteiger charge is 2.17. The lowest BCUT2D eigenvalue weighted by atomic mass is 9.92. The molecule has 0 saturated heterocycles. The predicted molar refractivity (Wildman–Crippen MR) is 113 cm³/mol. The quantitative estimate of drug-likeness (QED) is 0.633. The van der Waals surface area contributed by atoms with Crippen LogP contribution in [0.5, 0.6) is 0 Å². The van der Waals surface area contributed by atoms with Gasteiger partial charge in [0.1, 0.15) is 5.82 Å². The van der Waals surface area contributed by atoms with Crippen LogP contribution in [0.15, 0.2) is 30.3 Å². The van der Waals surface area contributed by atoms with Gasteiger partial charge in [-0.3, -0.25) is 4.79 Å². The summed E-state index contributed by atoms with van der Waals surface area (Å²) in [5, 5.41) is 13.5. The Morgan fingerprint density at radius 2 is 1.89 bits per heavy atom. The number of halogens is 3. The fourth-order valence-corrected chi connectivity index (χ4v) is 3.53. The maximum absolute atomic E-state index is 14.2. The molecule has 0 saturated carbocycles. The van der Waals surface area contributed by atoms with Crippen LogP contribution in [0.25, 0.3) is 0 Å². The van der Waals surface area contributed by atoms with Gasteiger partial charge in [0.05, 0.1) is 12.0 Å². The van der Waals surface area contributed by atoms with Crippen LogP contribution in [0.4, 0.5) is 4.39 Å². The van der Waals surface area contributed by atoms with E-state index in [0.717, 1.165) is 16.7 Å². The van der Waals surface area contributed by atoms with Crippen molar-refractivity contribution in [3.63, 3.8) is 0 Å². The number of carbonyl (C=O) groups excluding carboxylic acids is 1. The highest BCUT2D eigenvalue weighted by molar-refractivity contribution is 6.35. The van der Waals surface area contributed by atoms with Gasteiger partial charge < -0.3 is 10.4 Å². The Balaban J connectivity index is 2.23. The zero-order chi connectivity index (χ0) is 21.1. The van der Waals surface area contributed by atoms with E-state index in [2.05, 4.69) is 19.2 Å². The molecule has 2 rings (SSSR count). The lowest BCUT2D eigenvalue weighted by molar-refractivity contribution is -0.121. The smallest absolute Gasteiger partial charge is 0.224 e. The number of benzene rings is 2. The average Bonchev–Trinajstić information content (AvgIpc) is 2.57. The summed E-state index contributed by atoms with van der Waals surface area (Å²) in [6.45, 7) is 7.42. The van der Waals surface area contributed by atoms with Crippen LogP contribution in [-0.2, 0) is 17.6 Å². The number of amides is 1. The molecule has 0 fully saturated rings. The molecule has 0 spiro atoms. The summed E-state index contributed by atoms with van der Waals surface area (Å²) in [5.41, 5.74) is 2.14. The Kier molecular flexibility index (Phi) is 7.49. The monoisotopic (exact) mass is 425 g/mol. The van der Waals surface area contributed by atoms with E-state index in [-0.39, 0.29) is 24.8 Å². The molecular formula is C22H26Cl2FNO2. The standard InChI is InChI=1S/C22H26Cl2FNO2/c1-13(2)17-10-16(23)11-19(24)18(17)8-14-5-6-20(25)15(7-14)9-21(27)26-12-22(3,4)28/h5-7,10-11,13,28H,8-9,12H2,1-4H3,(H,26,27). The summed E-state index contributed by atoms with van der Waals surface area (Å²) in [6, 6.07) is 8.37. The predicted octanol–water partition coefficient (Wildman–Crippen LogP) is 5.28. The largest absolute Gasteiger partial charge is 0.389 e. The molecule has 28 heavy (non-hydrogen) atoms. The Hall–Kier alpha value is -1.62. The third kappa shape index (κ3) is 6.47. The van der Waals surface area contributed by atoms with Crippen molar-refractivity contribution in [2.24, 2.45) is 0 Å². The first-order chi connectivity index (χ1) is 13.0. The fourth-order valence-electron chi connectivity index (χ4n) is 2.95. The van der Waals surface area contributed by atoms with Gasteiger partial charge in [0.25, 0.3) is 0 Å². The Morgan fingerprint density at radius 3 is 2.50 bits per heavy atom. The van der Waals surface area contributed by atoms with Gasteiger partial charge in [0.15, 0.2) is 0 Å². The second-order valence-corrected chi connectivity index (χ2v) is 8.82. The van der Waals surface area contributed by atoms with Crippen molar-refractivity contribution < 1.29 is 14.3 Å². The van der Waals surface area contributed by atoms with E-state index in [9.17, 15) is 14.3 Å². The summed E-state index contributed by atoms with van der Waals surface area (Å²) in [4.78, 5) is 12.1. The van der Waals surface area contributed by atoms with Gasteiger partial charge in [0, 0.05) is 16.6 Å². The van der Waals surface area contributed by atoms with E-state index in [1.165, 1.54) is 6.07 Å². The fraction of sp³-hybridized carbons (Fsp3) is 0.409. The second kappa shape index (κ2) is 9.25. The lowest BCUT2D eigenvalue weighted by Crippen LogP contribution is -2.38. The Bertz CT molecular complexity index is 860. The van der Waals surface area contributed by atoms with Gasteiger partial charge in [-0.05, 0) is 66.6 Å². The summed E-state index contributed by atoms with van der Waals surface area (Å²) in [5.74, 6) is -0.544. The van der Waals surface area contributed by atoms with Crippen LogP contribution in [0, 0.1) is 5.82 Å². The maximum Gasteiger partial charge on any atom is 0.224 e. The molecule has 0 heterocycles. The Labute approximate surface area is 175 Å². The lowest BCUT2D eigenvalue weighted by Gasteiger charge is -2.18. The van der Waals surface area contributed by atoms with E-state index >= 15 is 0 Å². The van der Waals surface area contributed by atoms with Gasteiger partial charge in [-0.2, -0.15) is 0 Å². The van der Waals surface area contributed by atoms with Crippen LogP contribution in [0.1, 0.15) is 55.9 Å². The van der Waals surface area contributed by atoms with Crippen molar-refractivity contribution in [3.8, 4) is 0 Å². The van der Waals surface area contributed by atoms with Gasteiger partial charge in [-0.1, -0.05) is 49.2 Å². The number of rotatable bonds is 7. The summed E-state index contributed by atoms with van der Waals surface area (Å²) in [7, 11) is 0. The number of aliphatic hydroxyl groups is 1. The average molecular weight is 426 g/mol. The van der Waals surface area contributed by atoms with Crippen LogP contribution < -0.4 is 5.32 Å². The minimum absolute atomic E-state index is 0.0961. The second-order valence-electron chi connectivity index (χ2n) is 7.98. The van der Waals surface area contributed by atoms with Crippen LogP contribution >= 0.6 is 23.2 Å². The zero-order valence-electron chi connectivity index (χ0n) is 16.6. The van der Waals surface area contributed by atoms with Crippen LogP contribution in [0.2, 0.25) is 10.0 Å². The normalized spacial score (nSPS) is 11.8. The van der Waals surface area contributed by atoms with Crippen molar-refractivity contribution in [1.29, 1.82) is 0 Å². The number of nitrogens with one attached hydrogen (secondary N) is 1. The van der Waals surface area contributed by atoms with Crippen molar-refractivity contribution >= 4 is 29.1 Å². The van der Waals surface area contributed by atoms with Crippen molar-refractivity contribution in [3.05, 3.63) is 68.4 Å². The molecule has 2 aromatic rings. The molecule has 2 N–H and O–H groups in total. The topological polar surface area (TPSA) is 49.3 Å². The van der Waals surface area contributed by atoms with Crippen LogP contribution in [0.3, 0.4) is 0 Å². The first kappa shape index (κ1) is 22.7. The minimum atomic E-state index is -1.02. The highest BCUT2D eigenvalue weighted by atomic mass is 35.5. The minimum Gasteiger partial charge on any atom is -0.389 e. The van der Waals surface area contributed by atoms with Crippen molar-refractivity contribution in [1.82, 2.24) is 5.32 Å². The molecule has 0 aliphatic rings. The molecule has 0 aliphatic heterocycles. The van der Waals surface area contributed by atoms with Crippen LogP contribution in [-0.4, -0.2) is 23.2 Å². The number of hydrogen-bond acceptors (Lipinski definition) is 2. The van der Waals surface area contributed by atoms with Gasteiger partial charge in [-0.25, -0.2) is 4.39 Å². The summed E-state index contributed by atoms with van der Waals surface area (Å²) >= 11 is 12.6. The maximum atomic E-state index is 14.2. The molecule has 0 aliphatic carbocycles. The van der Waals surface area contributed by atoms with E-state index in [4.69, 9.17) is 23.2 Å². The molecule has 1 amide bonds. The first-order valence-electron chi connectivity index (χ1n) is 9.20. The Morgan fingerprint density at radius 1 is 1.21 bits per heavy atom. The number of hydrogen-bond donors (Lipinski definition) is 2. The van der Waals surface area contributed by atoms with Crippen molar-refractivity contribution in [2.45, 2.75) is 52.1 Å². The molecule has 0 atom stereocenters. The summed E-state index contributed by atoms with van der Waals surface area (Å²) < 4.78 is 14.2. The highest BCUT2D eigenvalue weighted by Crippen LogP contribution is 2.32.